The molecule has 32 heavy (non-hydrogen) atoms. The minimum absolute atomic E-state index is 0.120. The average Bonchev–Trinajstić information content (AvgIpc) is 2.66. The van der Waals surface area contributed by atoms with Crippen molar-refractivity contribution in [2.24, 2.45) is 0 Å². The number of halogens is 3. The lowest BCUT2D eigenvalue weighted by atomic mass is 9.79. The second kappa shape index (κ2) is 8.62. The highest BCUT2D eigenvalue weighted by Gasteiger charge is 2.40. The molecule has 2 aromatic heterocycles. The van der Waals surface area contributed by atoms with E-state index in [1.807, 2.05) is 0 Å². The van der Waals surface area contributed by atoms with Gasteiger partial charge in [-0.2, -0.15) is 13.2 Å². The predicted molar refractivity (Wildman–Crippen MR) is 113 cm³/mol. The van der Waals surface area contributed by atoms with Crippen molar-refractivity contribution in [1.82, 2.24) is 15.0 Å². The molecule has 2 aromatic rings. The number of rotatable bonds is 6. The number of nitrogens with one attached hydrogen (secondary N) is 1. The maximum atomic E-state index is 12.7. The van der Waals surface area contributed by atoms with Crippen LogP contribution in [-0.4, -0.2) is 55.2 Å². The van der Waals surface area contributed by atoms with Crippen LogP contribution in [0.4, 0.5) is 19.1 Å². The lowest BCUT2D eigenvalue weighted by Crippen LogP contribution is -2.47. The largest absolute Gasteiger partial charge is 0.474 e. The lowest BCUT2D eigenvalue weighted by molar-refractivity contribution is -0.136. The van der Waals surface area contributed by atoms with E-state index in [2.05, 4.69) is 20.3 Å². The Labute approximate surface area is 184 Å². The molecule has 0 aromatic carbocycles. The number of hydrogen-bond acceptors (Lipinski definition) is 7. The van der Waals surface area contributed by atoms with Gasteiger partial charge in [-0.15, -0.1) is 0 Å². The number of aliphatic hydroxyl groups is 2. The van der Waals surface area contributed by atoms with E-state index in [0.29, 0.717) is 42.5 Å². The fraction of sp³-hybridized carbons (Fsp3) is 0.682. The first-order valence-electron chi connectivity index (χ1n) is 11.0. The van der Waals surface area contributed by atoms with Crippen LogP contribution in [0.1, 0.15) is 70.3 Å². The molecule has 2 fully saturated rings. The van der Waals surface area contributed by atoms with Crippen LogP contribution < -0.4 is 10.1 Å². The number of aliphatic hydroxyl groups excluding tert-OH is 1. The zero-order chi connectivity index (χ0) is 23.1. The van der Waals surface area contributed by atoms with Gasteiger partial charge in [-0.05, 0) is 45.4 Å². The van der Waals surface area contributed by atoms with Crippen molar-refractivity contribution in [2.75, 3.05) is 5.32 Å². The van der Waals surface area contributed by atoms with Gasteiger partial charge in [0.25, 0.3) is 0 Å². The highest BCUT2D eigenvalue weighted by Crippen LogP contribution is 2.40. The van der Waals surface area contributed by atoms with Crippen LogP contribution in [0.15, 0.2) is 12.4 Å². The first kappa shape index (κ1) is 23.0. The quantitative estimate of drug-likeness (QED) is 0.605. The number of alkyl halides is 3. The van der Waals surface area contributed by atoms with E-state index in [-0.39, 0.29) is 24.1 Å². The summed E-state index contributed by atoms with van der Waals surface area (Å²) in [5.74, 6) is 0.618. The molecule has 0 unspecified atom stereocenters. The van der Waals surface area contributed by atoms with E-state index in [1.54, 1.807) is 13.1 Å². The van der Waals surface area contributed by atoms with Crippen LogP contribution in [0, 0.1) is 0 Å². The Morgan fingerprint density at radius 3 is 2.50 bits per heavy atom. The van der Waals surface area contributed by atoms with Gasteiger partial charge in [0.2, 0.25) is 11.8 Å². The van der Waals surface area contributed by atoms with E-state index in [4.69, 9.17) is 4.74 Å². The number of pyridine rings is 1. The van der Waals surface area contributed by atoms with Crippen LogP contribution in [0.2, 0.25) is 0 Å². The van der Waals surface area contributed by atoms with Crippen molar-refractivity contribution in [3.8, 4) is 5.88 Å². The molecule has 0 saturated heterocycles. The third kappa shape index (κ3) is 5.40. The molecule has 0 bridgehead atoms. The number of fused-ring (bicyclic) bond motifs is 1. The van der Waals surface area contributed by atoms with Crippen LogP contribution in [0.5, 0.6) is 5.88 Å². The molecule has 2 saturated carbocycles. The van der Waals surface area contributed by atoms with Crippen LogP contribution in [0.3, 0.4) is 0 Å². The minimum Gasteiger partial charge on any atom is -0.474 e. The zero-order valence-electron chi connectivity index (χ0n) is 18.2. The van der Waals surface area contributed by atoms with Gasteiger partial charge in [-0.1, -0.05) is 0 Å². The number of hydrogen-bond donors (Lipinski definition) is 3. The molecule has 4 rings (SSSR count). The van der Waals surface area contributed by atoms with Crippen LogP contribution in [0.25, 0.3) is 10.9 Å². The SMILES string of the molecule is C[C@@H](CC(F)(F)F)Nc1ncc2c(OC3CC(C)(O)C3)ncc(C3CCC(O)CC3)c2n1. The maximum Gasteiger partial charge on any atom is 0.391 e. The first-order valence-corrected chi connectivity index (χ1v) is 11.0. The summed E-state index contributed by atoms with van der Waals surface area (Å²) in [6.45, 7) is 3.19. The summed E-state index contributed by atoms with van der Waals surface area (Å²) >= 11 is 0. The standard InChI is InChI=1S/C22H29F3N4O3/c1-12(7-22(23,24)25)28-20-27-11-17-18(29-20)16(13-3-5-14(30)6-4-13)10-26-19(17)32-15-8-21(2,31)9-15/h10-15,30-31H,3-9H2,1-2H3,(H,27,28,29)/t12-,13?,14?,15?,21?/m0/s1. The van der Waals surface area contributed by atoms with E-state index in [9.17, 15) is 23.4 Å². The van der Waals surface area contributed by atoms with E-state index < -0.39 is 24.2 Å². The molecule has 2 aliphatic carbocycles. The Hall–Kier alpha value is -2.20. The number of nitrogens with zero attached hydrogens (tertiary/aromatic N) is 3. The summed E-state index contributed by atoms with van der Waals surface area (Å²) in [6, 6.07) is -0.879. The fourth-order valence-corrected chi connectivity index (χ4v) is 4.65. The Kier molecular flexibility index (Phi) is 6.19. The molecule has 0 aliphatic heterocycles. The summed E-state index contributed by atoms with van der Waals surface area (Å²) in [4.78, 5) is 13.3. The van der Waals surface area contributed by atoms with Crippen molar-refractivity contribution < 1.29 is 28.1 Å². The second-order valence-corrected chi connectivity index (χ2v) is 9.49. The van der Waals surface area contributed by atoms with Gasteiger partial charge in [0, 0.05) is 36.8 Å². The van der Waals surface area contributed by atoms with Gasteiger partial charge in [0.15, 0.2) is 0 Å². The summed E-state index contributed by atoms with van der Waals surface area (Å²) < 4.78 is 44.2. The van der Waals surface area contributed by atoms with Gasteiger partial charge < -0.3 is 20.3 Å². The Morgan fingerprint density at radius 2 is 1.88 bits per heavy atom. The van der Waals surface area contributed by atoms with Gasteiger partial charge in [0.1, 0.15) is 6.10 Å². The summed E-state index contributed by atoms with van der Waals surface area (Å²) in [5.41, 5.74) is 0.735. The monoisotopic (exact) mass is 454 g/mol. The van der Waals surface area contributed by atoms with E-state index in [0.717, 1.165) is 18.4 Å². The molecule has 0 spiro atoms. The topological polar surface area (TPSA) is 100 Å². The summed E-state index contributed by atoms with van der Waals surface area (Å²) in [5, 5.41) is 23.2. The normalized spacial score (nSPS) is 29.4. The number of anilines is 1. The van der Waals surface area contributed by atoms with Crippen molar-refractivity contribution >= 4 is 16.9 Å². The molecule has 2 heterocycles. The summed E-state index contributed by atoms with van der Waals surface area (Å²) in [7, 11) is 0. The van der Waals surface area contributed by atoms with Crippen molar-refractivity contribution in [3.63, 3.8) is 0 Å². The van der Waals surface area contributed by atoms with Gasteiger partial charge >= 0.3 is 6.18 Å². The third-order valence-corrected chi connectivity index (χ3v) is 6.28. The van der Waals surface area contributed by atoms with Crippen LogP contribution >= 0.6 is 0 Å². The molecule has 1 atom stereocenters. The number of aromatic nitrogens is 3. The fourth-order valence-electron chi connectivity index (χ4n) is 4.65. The molecule has 176 valence electrons. The molecule has 3 N–H and O–H groups in total. The van der Waals surface area contributed by atoms with Crippen molar-refractivity contribution in [1.29, 1.82) is 0 Å². The average molecular weight is 454 g/mol. The highest BCUT2D eigenvalue weighted by molar-refractivity contribution is 5.86. The first-order chi connectivity index (χ1) is 15.0. The Bertz CT molecular complexity index is 953. The predicted octanol–water partition coefficient (Wildman–Crippen LogP) is 4.09. The molecular formula is C22H29F3N4O3. The maximum absolute atomic E-state index is 12.7. The molecule has 0 radical (unpaired) electrons. The molecular weight excluding hydrogens is 425 g/mol. The van der Waals surface area contributed by atoms with E-state index in [1.165, 1.54) is 13.1 Å². The third-order valence-electron chi connectivity index (χ3n) is 6.28. The smallest absolute Gasteiger partial charge is 0.391 e. The zero-order valence-corrected chi connectivity index (χ0v) is 18.2. The van der Waals surface area contributed by atoms with Gasteiger partial charge in [-0.3, -0.25) is 0 Å². The lowest BCUT2D eigenvalue weighted by Gasteiger charge is -2.40. The minimum atomic E-state index is -4.29. The molecule has 7 nitrogen and oxygen atoms in total. The van der Waals surface area contributed by atoms with Crippen molar-refractivity contribution in [2.45, 2.75) is 94.7 Å². The Morgan fingerprint density at radius 1 is 1.19 bits per heavy atom. The molecule has 10 heteroatoms. The molecule has 2 aliphatic rings. The summed E-state index contributed by atoms with van der Waals surface area (Å²) in [6.07, 6.45) is 1.40. The second-order valence-electron chi connectivity index (χ2n) is 9.49. The van der Waals surface area contributed by atoms with Gasteiger partial charge in [-0.25, -0.2) is 15.0 Å². The van der Waals surface area contributed by atoms with Gasteiger partial charge in [0.05, 0.1) is 29.0 Å². The van der Waals surface area contributed by atoms with E-state index >= 15 is 0 Å². The van der Waals surface area contributed by atoms with Crippen LogP contribution in [-0.2, 0) is 0 Å². The highest BCUT2D eigenvalue weighted by atomic mass is 19.4. The Balaban J connectivity index is 1.64. The van der Waals surface area contributed by atoms with Crippen molar-refractivity contribution in [3.05, 3.63) is 18.0 Å². The molecule has 0 amide bonds. The number of ether oxygens (including phenoxy) is 1.